The second-order valence-corrected chi connectivity index (χ2v) is 9.98. The number of hydrogen-bond acceptors (Lipinski definition) is 8. The molecule has 1 aliphatic carbocycles. The van der Waals surface area contributed by atoms with Crippen LogP contribution in [-0.2, 0) is 13.0 Å². The maximum absolute atomic E-state index is 13.6. The van der Waals surface area contributed by atoms with Gasteiger partial charge in [-0.15, -0.1) is 0 Å². The fraction of sp³-hybridized carbons (Fsp3) is 0.429. The van der Waals surface area contributed by atoms with Gasteiger partial charge in [0.05, 0.1) is 6.20 Å². The summed E-state index contributed by atoms with van der Waals surface area (Å²) in [4.78, 5) is 28.9. The number of fused-ring (bicyclic) bond motifs is 1. The zero-order chi connectivity index (χ0) is 26.9. The molecule has 0 bridgehead atoms. The van der Waals surface area contributed by atoms with E-state index in [0.717, 1.165) is 69.0 Å². The van der Waals surface area contributed by atoms with Crippen LogP contribution < -0.4 is 14.4 Å². The third kappa shape index (κ3) is 5.00. The van der Waals surface area contributed by atoms with Crippen LogP contribution in [0.4, 0.5) is 10.2 Å². The fourth-order valence-corrected chi connectivity index (χ4v) is 5.49. The molecule has 1 spiro atoms. The Balaban J connectivity index is 0.00000144. The second-order valence-electron chi connectivity index (χ2n) is 9.98. The van der Waals surface area contributed by atoms with Crippen molar-refractivity contribution < 1.29 is 23.8 Å². The van der Waals surface area contributed by atoms with Crippen LogP contribution >= 0.6 is 0 Å². The number of likely N-dealkylation sites (N-methyl/N-ethyl adjacent to an activating group) is 1. The lowest BCUT2D eigenvalue weighted by molar-refractivity contribution is -0.0352. The summed E-state index contributed by atoms with van der Waals surface area (Å²) >= 11 is 0. The number of ether oxygens (including phenoxy) is 2. The van der Waals surface area contributed by atoms with Crippen molar-refractivity contribution >= 4 is 11.8 Å². The van der Waals surface area contributed by atoms with Gasteiger partial charge in [0.1, 0.15) is 35.3 Å². The second kappa shape index (κ2) is 10.5. The summed E-state index contributed by atoms with van der Waals surface area (Å²) in [6.45, 7) is 7.47. The number of pyridine rings is 1. The number of hydrogen-bond donors (Lipinski definition) is 1. The minimum absolute atomic E-state index is 0.0404. The molecule has 3 aliphatic rings. The van der Waals surface area contributed by atoms with Crippen molar-refractivity contribution in [3.8, 4) is 17.2 Å². The molecule has 1 saturated heterocycles. The Bertz CT molecular complexity index is 1320. The molecular weight excluding hydrogens is 489 g/mol. The fourth-order valence-electron chi connectivity index (χ4n) is 5.49. The molecule has 1 N–H and O–H groups in total. The minimum atomic E-state index is -1.27. The summed E-state index contributed by atoms with van der Waals surface area (Å²) in [6, 6.07) is 5.38. The van der Waals surface area contributed by atoms with E-state index in [1.807, 2.05) is 26.1 Å². The number of aromatic carboxylic acids is 1. The molecule has 200 valence electrons. The summed E-state index contributed by atoms with van der Waals surface area (Å²) < 4.78 is 25.8. The van der Waals surface area contributed by atoms with E-state index >= 15 is 0 Å². The van der Waals surface area contributed by atoms with E-state index in [1.165, 1.54) is 24.2 Å². The first-order valence-corrected chi connectivity index (χ1v) is 13.0. The molecular formula is C28H32FN5O4. The number of carbonyl (C=O) groups is 1. The molecule has 1 saturated carbocycles. The van der Waals surface area contributed by atoms with E-state index in [2.05, 4.69) is 31.8 Å². The Morgan fingerprint density at radius 3 is 2.68 bits per heavy atom. The third-order valence-electron chi connectivity index (χ3n) is 7.28. The summed E-state index contributed by atoms with van der Waals surface area (Å²) in [5.74, 6) is -0.00215. The molecule has 0 radical (unpaired) electrons. The predicted octanol–water partition coefficient (Wildman–Crippen LogP) is 4.56. The molecule has 1 aromatic carbocycles. The van der Waals surface area contributed by atoms with Gasteiger partial charge in [-0.25, -0.2) is 19.2 Å². The monoisotopic (exact) mass is 521 g/mol. The van der Waals surface area contributed by atoms with E-state index in [4.69, 9.17) is 9.47 Å². The Labute approximate surface area is 221 Å². The lowest BCUT2D eigenvalue weighted by Gasteiger charge is -2.59. The molecule has 2 aliphatic heterocycles. The molecule has 0 amide bonds. The van der Waals surface area contributed by atoms with Gasteiger partial charge in [0.15, 0.2) is 11.6 Å². The number of aromatic nitrogens is 3. The number of carboxylic acid groups (broad SMARTS) is 1. The van der Waals surface area contributed by atoms with Crippen LogP contribution in [0.25, 0.3) is 0 Å². The third-order valence-corrected chi connectivity index (χ3v) is 7.28. The lowest BCUT2D eigenvalue weighted by Crippen LogP contribution is -2.65. The Kier molecular flexibility index (Phi) is 7.16. The number of nitrogens with zero attached hydrogens (tertiary/aromatic N) is 5. The van der Waals surface area contributed by atoms with Crippen LogP contribution in [0.5, 0.6) is 17.2 Å². The number of benzene rings is 1. The van der Waals surface area contributed by atoms with Gasteiger partial charge in [0.2, 0.25) is 0 Å². The number of halogens is 1. The quantitative estimate of drug-likeness (QED) is 0.500. The van der Waals surface area contributed by atoms with Crippen LogP contribution in [0.15, 0.2) is 43.0 Å². The highest BCUT2D eigenvalue weighted by atomic mass is 19.1. The number of carboxylic acids is 1. The van der Waals surface area contributed by atoms with Gasteiger partial charge in [0, 0.05) is 55.5 Å². The molecule has 3 aromatic rings. The van der Waals surface area contributed by atoms with E-state index in [-0.39, 0.29) is 22.8 Å². The molecule has 2 aromatic heterocycles. The number of rotatable bonds is 6. The van der Waals surface area contributed by atoms with Gasteiger partial charge in [-0.1, -0.05) is 13.8 Å². The van der Waals surface area contributed by atoms with Crippen molar-refractivity contribution in [2.75, 3.05) is 31.6 Å². The van der Waals surface area contributed by atoms with E-state index in [0.29, 0.717) is 11.6 Å². The smallest absolute Gasteiger partial charge is 0.339 e. The van der Waals surface area contributed by atoms with Gasteiger partial charge in [-0.3, -0.25) is 4.98 Å². The van der Waals surface area contributed by atoms with Gasteiger partial charge in [0.25, 0.3) is 0 Å². The first-order chi connectivity index (χ1) is 18.4. The zero-order valence-corrected chi connectivity index (χ0v) is 21.9. The average Bonchev–Trinajstić information content (AvgIpc) is 2.87. The molecule has 2 fully saturated rings. The highest BCUT2D eigenvalue weighted by Crippen LogP contribution is 2.52. The Morgan fingerprint density at radius 1 is 1.13 bits per heavy atom. The first kappa shape index (κ1) is 25.8. The summed E-state index contributed by atoms with van der Waals surface area (Å²) in [5, 5.41) is 9.41. The maximum Gasteiger partial charge on any atom is 0.339 e. The molecule has 10 heteroatoms. The van der Waals surface area contributed by atoms with Crippen molar-refractivity contribution in [2.24, 2.45) is 5.41 Å². The average molecular weight is 522 g/mol. The van der Waals surface area contributed by atoms with E-state index in [9.17, 15) is 14.3 Å². The first-order valence-electron chi connectivity index (χ1n) is 13.0. The van der Waals surface area contributed by atoms with Crippen LogP contribution in [0, 0.1) is 11.2 Å². The molecule has 6 rings (SSSR count). The summed E-state index contributed by atoms with van der Waals surface area (Å²) in [7, 11) is 2.12. The molecule has 4 heterocycles. The van der Waals surface area contributed by atoms with Crippen LogP contribution in [0.2, 0.25) is 0 Å². The molecule has 0 unspecified atom stereocenters. The van der Waals surface area contributed by atoms with E-state index < -0.39 is 11.8 Å². The highest BCUT2D eigenvalue weighted by molar-refractivity contribution is 5.91. The topological polar surface area (TPSA) is 101 Å². The molecule has 0 atom stereocenters. The van der Waals surface area contributed by atoms with Gasteiger partial charge in [-0.2, -0.15) is 0 Å². The molecule has 38 heavy (non-hydrogen) atoms. The normalized spacial score (nSPS) is 17.9. The Morgan fingerprint density at radius 2 is 1.92 bits per heavy atom. The van der Waals surface area contributed by atoms with Gasteiger partial charge in [-0.05, 0) is 44.2 Å². The minimum Gasteiger partial charge on any atom is -0.490 e. The highest BCUT2D eigenvalue weighted by Gasteiger charge is 2.54. The van der Waals surface area contributed by atoms with Crippen LogP contribution in [0.1, 0.15) is 48.3 Å². The molecule has 9 nitrogen and oxygen atoms in total. The van der Waals surface area contributed by atoms with Crippen molar-refractivity contribution in [1.82, 2.24) is 19.9 Å². The van der Waals surface area contributed by atoms with Gasteiger partial charge < -0.3 is 24.4 Å². The lowest BCUT2D eigenvalue weighted by atomic mass is 9.61. The zero-order valence-electron chi connectivity index (χ0n) is 21.9. The van der Waals surface area contributed by atoms with Gasteiger partial charge >= 0.3 is 5.97 Å². The standard InChI is InChI=1S/C26H26FN5O4.C2H6/c1-31-7-5-20-19(12-31)22(4-6-29-20)35-17-9-26(10-17)13-32(14-26)24-23(11-28-15-30-24)36-21-3-2-16(27)8-18(21)25(33)34;1-2/h2-4,6,8,11,15,17H,5,7,9-10,12-14H2,1H3,(H,33,34);1-2H3. The van der Waals surface area contributed by atoms with Crippen molar-refractivity contribution in [3.63, 3.8) is 0 Å². The van der Waals surface area contributed by atoms with E-state index in [1.54, 1.807) is 0 Å². The predicted molar refractivity (Wildman–Crippen MR) is 139 cm³/mol. The number of anilines is 1. The SMILES string of the molecule is CC.CN1CCc2nccc(OC3CC4(C3)CN(c3ncncc3Oc3ccc(F)cc3C(=O)O)C4)c2C1. The summed E-state index contributed by atoms with van der Waals surface area (Å²) in [5.41, 5.74) is 2.25. The van der Waals surface area contributed by atoms with Crippen molar-refractivity contribution in [2.45, 2.75) is 45.8 Å². The maximum atomic E-state index is 13.6. The van der Waals surface area contributed by atoms with Crippen LogP contribution in [-0.4, -0.2) is 63.7 Å². The summed E-state index contributed by atoms with van der Waals surface area (Å²) in [6.07, 6.45) is 7.81. The Hall–Kier alpha value is -3.79. The van der Waals surface area contributed by atoms with Crippen LogP contribution in [0.3, 0.4) is 0 Å². The van der Waals surface area contributed by atoms with Crippen molar-refractivity contribution in [3.05, 3.63) is 65.6 Å². The van der Waals surface area contributed by atoms with Crippen molar-refractivity contribution in [1.29, 1.82) is 0 Å². The largest absolute Gasteiger partial charge is 0.490 e.